The van der Waals surface area contributed by atoms with Crippen LogP contribution in [-0.2, 0) is 4.74 Å². The summed E-state index contributed by atoms with van der Waals surface area (Å²) in [5, 5.41) is 3.90. The lowest BCUT2D eigenvalue weighted by atomic mass is 10.1. The number of furan rings is 1. The number of morpholine rings is 1. The molecule has 1 aliphatic rings. The summed E-state index contributed by atoms with van der Waals surface area (Å²) >= 11 is 0. The average Bonchev–Trinajstić information content (AvgIpc) is 3.07. The van der Waals surface area contributed by atoms with Gasteiger partial charge in [-0.05, 0) is 55.8 Å². The van der Waals surface area contributed by atoms with E-state index < -0.39 is 0 Å². The maximum atomic E-state index is 12.6. The van der Waals surface area contributed by atoms with Crippen molar-refractivity contribution in [2.24, 2.45) is 0 Å². The maximum Gasteiger partial charge on any atom is 0.291 e. The van der Waals surface area contributed by atoms with Crippen LogP contribution >= 0.6 is 0 Å². The minimum atomic E-state index is -0.235. The minimum Gasteiger partial charge on any atom is -0.451 e. The number of hydrogen-bond acceptors (Lipinski definition) is 4. The highest BCUT2D eigenvalue weighted by Crippen LogP contribution is 2.25. The van der Waals surface area contributed by atoms with E-state index >= 15 is 0 Å². The van der Waals surface area contributed by atoms with Crippen molar-refractivity contribution in [1.82, 2.24) is 0 Å². The topological polar surface area (TPSA) is 54.7 Å². The standard InChI is InChI=1S/C21H22N2O3/c1-14-3-6-19-16(11-14)13-20(26-19)21(24)22-18-5-4-17(12-15(18)2)23-7-9-25-10-8-23/h3-6,11-13H,7-10H2,1-2H3,(H,22,24). The number of anilines is 2. The van der Waals surface area contributed by atoms with Gasteiger partial charge < -0.3 is 19.4 Å². The molecule has 0 bridgehead atoms. The zero-order valence-electron chi connectivity index (χ0n) is 15.0. The Kier molecular flexibility index (Phi) is 4.39. The van der Waals surface area contributed by atoms with Gasteiger partial charge in [0.2, 0.25) is 0 Å². The molecule has 1 N–H and O–H groups in total. The van der Waals surface area contributed by atoms with E-state index in [-0.39, 0.29) is 5.91 Å². The lowest BCUT2D eigenvalue weighted by Crippen LogP contribution is -2.36. The monoisotopic (exact) mass is 350 g/mol. The van der Waals surface area contributed by atoms with Crippen LogP contribution in [0.2, 0.25) is 0 Å². The maximum absolute atomic E-state index is 12.6. The number of carbonyl (C=O) groups excluding carboxylic acids is 1. The number of ether oxygens (including phenoxy) is 1. The van der Waals surface area contributed by atoms with Crippen molar-refractivity contribution < 1.29 is 13.9 Å². The van der Waals surface area contributed by atoms with Gasteiger partial charge in [0.05, 0.1) is 13.2 Å². The Morgan fingerprint density at radius 2 is 1.85 bits per heavy atom. The molecule has 3 aromatic rings. The van der Waals surface area contributed by atoms with E-state index in [1.165, 1.54) is 0 Å². The first kappa shape index (κ1) is 16.7. The molecule has 1 amide bonds. The Hall–Kier alpha value is -2.79. The zero-order valence-corrected chi connectivity index (χ0v) is 15.0. The van der Waals surface area contributed by atoms with Crippen LogP contribution in [0.15, 0.2) is 46.9 Å². The van der Waals surface area contributed by atoms with Gasteiger partial charge in [0.1, 0.15) is 5.58 Å². The SMILES string of the molecule is Cc1ccc2oc(C(=O)Nc3ccc(N4CCOCC4)cc3C)cc2c1. The second-order valence-electron chi connectivity index (χ2n) is 6.70. The number of rotatable bonds is 3. The first-order valence-electron chi connectivity index (χ1n) is 8.85. The van der Waals surface area contributed by atoms with E-state index in [4.69, 9.17) is 9.15 Å². The molecule has 1 aliphatic heterocycles. The van der Waals surface area contributed by atoms with Crippen molar-refractivity contribution in [1.29, 1.82) is 0 Å². The molecule has 26 heavy (non-hydrogen) atoms. The smallest absolute Gasteiger partial charge is 0.291 e. The predicted octanol–water partition coefficient (Wildman–Crippen LogP) is 4.14. The van der Waals surface area contributed by atoms with Crippen molar-refractivity contribution in [3.8, 4) is 0 Å². The molecule has 1 aromatic heterocycles. The summed E-state index contributed by atoms with van der Waals surface area (Å²) in [6.45, 7) is 7.31. The van der Waals surface area contributed by atoms with Gasteiger partial charge in [-0.2, -0.15) is 0 Å². The molecule has 2 aromatic carbocycles. The number of fused-ring (bicyclic) bond motifs is 1. The van der Waals surface area contributed by atoms with Crippen LogP contribution in [0, 0.1) is 13.8 Å². The Morgan fingerprint density at radius 3 is 2.62 bits per heavy atom. The van der Waals surface area contributed by atoms with Gasteiger partial charge in [0, 0.05) is 29.9 Å². The largest absolute Gasteiger partial charge is 0.451 e. The quantitative estimate of drug-likeness (QED) is 0.771. The van der Waals surface area contributed by atoms with Crippen LogP contribution in [0.3, 0.4) is 0 Å². The molecule has 0 atom stereocenters. The van der Waals surface area contributed by atoms with Gasteiger partial charge in [0.15, 0.2) is 5.76 Å². The van der Waals surface area contributed by atoms with Crippen LogP contribution in [0.1, 0.15) is 21.7 Å². The van der Waals surface area contributed by atoms with Crippen molar-refractivity contribution >= 4 is 28.3 Å². The highest BCUT2D eigenvalue weighted by Gasteiger charge is 2.15. The van der Waals surface area contributed by atoms with E-state index in [1.807, 2.05) is 44.2 Å². The van der Waals surface area contributed by atoms with Crippen LogP contribution in [-0.4, -0.2) is 32.2 Å². The highest BCUT2D eigenvalue weighted by molar-refractivity contribution is 6.05. The third kappa shape index (κ3) is 3.30. The van der Waals surface area contributed by atoms with Gasteiger partial charge in [-0.1, -0.05) is 11.6 Å². The van der Waals surface area contributed by atoms with E-state index in [0.29, 0.717) is 5.76 Å². The van der Waals surface area contributed by atoms with Gasteiger partial charge in [-0.25, -0.2) is 0 Å². The van der Waals surface area contributed by atoms with Gasteiger partial charge in [-0.15, -0.1) is 0 Å². The second kappa shape index (κ2) is 6.84. The molecule has 5 heteroatoms. The summed E-state index contributed by atoms with van der Waals surface area (Å²) in [6, 6.07) is 13.8. The molecule has 0 spiro atoms. The van der Waals surface area contributed by atoms with Crippen molar-refractivity contribution in [2.45, 2.75) is 13.8 Å². The number of nitrogens with zero attached hydrogens (tertiary/aromatic N) is 1. The van der Waals surface area contributed by atoms with Crippen molar-refractivity contribution in [2.75, 3.05) is 36.5 Å². The van der Waals surface area contributed by atoms with Crippen LogP contribution in [0.4, 0.5) is 11.4 Å². The molecule has 134 valence electrons. The molecular formula is C21H22N2O3. The molecule has 0 aliphatic carbocycles. The van der Waals surface area contributed by atoms with Crippen LogP contribution < -0.4 is 10.2 Å². The fraction of sp³-hybridized carbons (Fsp3) is 0.286. The normalized spacial score (nSPS) is 14.6. The molecule has 1 fully saturated rings. The predicted molar refractivity (Wildman–Crippen MR) is 103 cm³/mol. The van der Waals surface area contributed by atoms with Crippen molar-refractivity contribution in [3.05, 3.63) is 59.4 Å². The first-order chi connectivity index (χ1) is 12.6. The van der Waals surface area contributed by atoms with Gasteiger partial charge >= 0.3 is 0 Å². The van der Waals surface area contributed by atoms with E-state index in [2.05, 4.69) is 16.3 Å². The summed E-state index contributed by atoms with van der Waals surface area (Å²) in [5.74, 6) is 0.0864. The van der Waals surface area contributed by atoms with Crippen LogP contribution in [0.5, 0.6) is 0 Å². The zero-order chi connectivity index (χ0) is 18.1. The van der Waals surface area contributed by atoms with E-state index in [1.54, 1.807) is 6.07 Å². The van der Waals surface area contributed by atoms with Gasteiger partial charge in [-0.3, -0.25) is 4.79 Å². The molecule has 2 heterocycles. The minimum absolute atomic E-state index is 0.235. The number of nitrogens with one attached hydrogen (secondary N) is 1. The number of hydrogen-bond donors (Lipinski definition) is 1. The summed E-state index contributed by atoms with van der Waals surface area (Å²) in [6.07, 6.45) is 0. The molecule has 4 rings (SSSR count). The Morgan fingerprint density at radius 1 is 1.04 bits per heavy atom. The lowest BCUT2D eigenvalue weighted by molar-refractivity contribution is 0.0998. The summed E-state index contributed by atoms with van der Waals surface area (Å²) < 4.78 is 11.1. The summed E-state index contributed by atoms with van der Waals surface area (Å²) in [4.78, 5) is 14.9. The molecule has 1 saturated heterocycles. The van der Waals surface area contributed by atoms with Gasteiger partial charge in [0.25, 0.3) is 5.91 Å². The third-order valence-corrected chi connectivity index (χ3v) is 4.73. The van der Waals surface area contributed by atoms with Crippen LogP contribution in [0.25, 0.3) is 11.0 Å². The molecule has 5 nitrogen and oxygen atoms in total. The second-order valence-corrected chi connectivity index (χ2v) is 6.70. The fourth-order valence-corrected chi connectivity index (χ4v) is 3.26. The summed E-state index contributed by atoms with van der Waals surface area (Å²) in [7, 11) is 0. The summed E-state index contributed by atoms with van der Waals surface area (Å²) in [5.41, 5.74) is 4.83. The van der Waals surface area contributed by atoms with E-state index in [0.717, 1.165) is 59.8 Å². The Labute approximate surface area is 152 Å². The first-order valence-corrected chi connectivity index (χ1v) is 8.85. The number of carbonyl (C=O) groups is 1. The molecular weight excluding hydrogens is 328 g/mol. The van der Waals surface area contributed by atoms with Crippen molar-refractivity contribution in [3.63, 3.8) is 0 Å². The average molecular weight is 350 g/mol. The molecule has 0 unspecified atom stereocenters. The highest BCUT2D eigenvalue weighted by atomic mass is 16.5. The molecule has 0 radical (unpaired) electrons. The Bertz CT molecular complexity index is 955. The number of amides is 1. The third-order valence-electron chi connectivity index (χ3n) is 4.73. The number of benzene rings is 2. The molecule has 0 saturated carbocycles. The van der Waals surface area contributed by atoms with E-state index in [9.17, 15) is 4.79 Å². The number of aryl methyl sites for hydroxylation is 2. The fourth-order valence-electron chi connectivity index (χ4n) is 3.26. The Balaban J connectivity index is 1.52. The lowest BCUT2D eigenvalue weighted by Gasteiger charge is -2.29.